The Morgan fingerprint density at radius 2 is 1.29 bits per heavy atom. The number of hydrogen-bond donors (Lipinski definition) is 5. The summed E-state index contributed by atoms with van der Waals surface area (Å²) in [7, 11) is 0. The first kappa shape index (κ1) is 25.5. The second-order valence-corrected chi connectivity index (χ2v) is 10.0. The summed E-state index contributed by atoms with van der Waals surface area (Å²) < 4.78 is 0. The summed E-state index contributed by atoms with van der Waals surface area (Å²) in [6.07, 6.45) is 5.23. The van der Waals surface area contributed by atoms with Crippen molar-refractivity contribution in [3.63, 3.8) is 0 Å². The van der Waals surface area contributed by atoms with Crippen molar-refractivity contribution in [3.8, 4) is 0 Å². The number of hydrogen-bond acceptors (Lipinski definition) is 4. The van der Waals surface area contributed by atoms with Crippen LogP contribution in [0.5, 0.6) is 0 Å². The topological polar surface area (TPSA) is 136 Å². The third kappa shape index (κ3) is 5.28. The quantitative estimate of drug-likeness (QED) is 0.234. The Balaban J connectivity index is 1.20. The van der Waals surface area contributed by atoms with Gasteiger partial charge in [-0.25, -0.2) is 0 Å². The van der Waals surface area contributed by atoms with Gasteiger partial charge in [0.25, 0.3) is 0 Å². The first-order valence-corrected chi connectivity index (χ1v) is 13.1. The number of nitrogens with two attached hydrogens (primary N) is 1. The monoisotopic (exact) mass is 514 g/mol. The first-order valence-electron chi connectivity index (χ1n) is 13.1. The van der Waals surface area contributed by atoms with Crippen molar-refractivity contribution in [3.05, 3.63) is 72.1 Å². The summed E-state index contributed by atoms with van der Waals surface area (Å²) in [6.45, 7) is 2.85. The lowest BCUT2D eigenvalue weighted by atomic mass is 9.94. The number of likely N-dealkylation sites (tertiary alicyclic amines) is 1. The minimum atomic E-state index is -0.690. The van der Waals surface area contributed by atoms with Crippen LogP contribution in [0.2, 0.25) is 0 Å². The highest BCUT2D eigenvalue weighted by Gasteiger charge is 2.43. The molecule has 0 radical (unpaired) electrons. The molecule has 1 aliphatic heterocycles. The van der Waals surface area contributed by atoms with Crippen molar-refractivity contribution in [2.24, 2.45) is 17.6 Å². The van der Waals surface area contributed by atoms with Gasteiger partial charge in [0.1, 0.15) is 0 Å². The van der Waals surface area contributed by atoms with Gasteiger partial charge in [-0.3, -0.25) is 14.4 Å². The smallest absolute Gasteiger partial charge is 0.239 e. The molecule has 0 bridgehead atoms. The van der Waals surface area contributed by atoms with Crippen LogP contribution in [0.4, 0.5) is 0 Å². The average Bonchev–Trinajstić information content (AvgIpc) is 3.65. The molecule has 0 saturated carbocycles. The predicted octanol–water partition coefficient (Wildman–Crippen LogP) is 2.09. The lowest BCUT2D eigenvalue weighted by Crippen LogP contribution is -2.42. The number of para-hydroxylation sites is 2. The van der Waals surface area contributed by atoms with Gasteiger partial charge in [0.05, 0.1) is 17.9 Å². The van der Waals surface area contributed by atoms with Gasteiger partial charge < -0.3 is 31.2 Å². The molecular weight excluding hydrogens is 480 g/mol. The van der Waals surface area contributed by atoms with Crippen LogP contribution in [0.3, 0.4) is 0 Å². The van der Waals surface area contributed by atoms with Crippen molar-refractivity contribution in [1.29, 1.82) is 0 Å². The van der Waals surface area contributed by atoms with Crippen LogP contribution in [0.15, 0.2) is 60.9 Å². The zero-order valence-corrected chi connectivity index (χ0v) is 21.5. The van der Waals surface area contributed by atoms with Crippen molar-refractivity contribution in [2.75, 3.05) is 26.2 Å². The molecule has 0 aliphatic carbocycles. The zero-order valence-electron chi connectivity index (χ0n) is 21.5. The molecule has 38 heavy (non-hydrogen) atoms. The number of nitrogens with one attached hydrogen (secondary N) is 4. The van der Waals surface area contributed by atoms with Crippen molar-refractivity contribution >= 4 is 39.5 Å². The molecule has 9 nitrogen and oxygen atoms in total. The maximum Gasteiger partial charge on any atom is 0.239 e. The molecule has 1 saturated heterocycles. The summed E-state index contributed by atoms with van der Waals surface area (Å²) >= 11 is 0. The third-order valence-electron chi connectivity index (χ3n) is 7.43. The van der Waals surface area contributed by atoms with Crippen molar-refractivity contribution in [1.82, 2.24) is 25.5 Å². The van der Waals surface area contributed by atoms with Crippen LogP contribution in [0.25, 0.3) is 21.8 Å². The molecule has 9 heteroatoms. The molecule has 0 unspecified atom stereocenters. The van der Waals surface area contributed by atoms with Gasteiger partial charge >= 0.3 is 0 Å². The van der Waals surface area contributed by atoms with E-state index < -0.39 is 17.9 Å². The van der Waals surface area contributed by atoms with E-state index in [1.165, 1.54) is 0 Å². The third-order valence-corrected chi connectivity index (χ3v) is 7.43. The molecule has 1 fully saturated rings. The van der Waals surface area contributed by atoms with E-state index in [4.69, 9.17) is 5.73 Å². The van der Waals surface area contributed by atoms with E-state index >= 15 is 0 Å². The molecule has 6 N–H and O–H groups in total. The minimum Gasteiger partial charge on any atom is -0.361 e. The average molecular weight is 515 g/mol. The molecule has 5 rings (SSSR count). The van der Waals surface area contributed by atoms with Crippen LogP contribution in [-0.2, 0) is 27.2 Å². The molecule has 2 aromatic heterocycles. The molecule has 0 spiro atoms. The Labute approximate surface area is 221 Å². The lowest BCUT2D eigenvalue weighted by Gasteiger charge is -2.18. The van der Waals surface area contributed by atoms with Gasteiger partial charge in [-0.2, -0.15) is 0 Å². The summed E-state index contributed by atoms with van der Waals surface area (Å²) in [4.78, 5) is 47.1. The fraction of sp³-hybridized carbons (Fsp3) is 0.345. The Hall–Kier alpha value is -4.11. The van der Waals surface area contributed by atoms with E-state index in [2.05, 4.69) is 20.6 Å². The summed E-state index contributed by atoms with van der Waals surface area (Å²) in [5.41, 5.74) is 10.2. The van der Waals surface area contributed by atoms with E-state index in [0.29, 0.717) is 25.9 Å². The molecule has 3 atom stereocenters. The van der Waals surface area contributed by atoms with Crippen LogP contribution >= 0.6 is 0 Å². The number of fused-ring (bicyclic) bond motifs is 2. The Bertz CT molecular complexity index is 1350. The van der Waals surface area contributed by atoms with E-state index in [0.717, 1.165) is 32.9 Å². The van der Waals surface area contributed by atoms with Crippen LogP contribution < -0.4 is 16.4 Å². The highest BCUT2D eigenvalue weighted by molar-refractivity contribution is 5.91. The standard InChI is InChI=1S/C29H34N6O3/c1-18(30)29(38)35-16-23(27(36)31-12-10-19-14-33-25-8-4-2-6-21(19)25)24(17-35)28(37)32-13-11-20-15-34-26-9-5-3-7-22(20)26/h2-9,14-15,18,23-24,33-34H,10-13,16-17,30H2,1H3,(H,31,36)(H,32,37)/t18-,23+,24+/m0/s1. The molecule has 198 valence electrons. The maximum atomic E-state index is 13.2. The number of aromatic amines is 2. The van der Waals surface area contributed by atoms with E-state index in [1.807, 2.05) is 60.9 Å². The van der Waals surface area contributed by atoms with Gasteiger partial charge in [-0.1, -0.05) is 36.4 Å². The number of rotatable bonds is 9. The molecule has 2 aromatic carbocycles. The summed E-state index contributed by atoms with van der Waals surface area (Å²) in [5.74, 6) is -1.96. The second kappa shape index (κ2) is 11.1. The summed E-state index contributed by atoms with van der Waals surface area (Å²) in [5, 5.41) is 8.24. The van der Waals surface area contributed by atoms with Crippen LogP contribution in [-0.4, -0.2) is 64.8 Å². The number of aromatic nitrogens is 2. The van der Waals surface area contributed by atoms with Crippen LogP contribution in [0, 0.1) is 11.8 Å². The lowest BCUT2D eigenvalue weighted by molar-refractivity contribution is -0.132. The highest BCUT2D eigenvalue weighted by Crippen LogP contribution is 2.25. The van der Waals surface area contributed by atoms with Gasteiger partial charge in [-0.15, -0.1) is 0 Å². The number of amides is 3. The molecule has 1 aliphatic rings. The minimum absolute atomic E-state index is 0.180. The molecular formula is C29H34N6O3. The van der Waals surface area contributed by atoms with Crippen molar-refractivity contribution in [2.45, 2.75) is 25.8 Å². The van der Waals surface area contributed by atoms with Crippen LogP contribution in [0.1, 0.15) is 18.1 Å². The zero-order chi connectivity index (χ0) is 26.6. The Kier molecular flexibility index (Phi) is 7.46. The fourth-order valence-corrected chi connectivity index (χ4v) is 5.38. The number of benzene rings is 2. The van der Waals surface area contributed by atoms with E-state index in [1.54, 1.807) is 11.8 Å². The number of H-pyrrole nitrogens is 2. The Morgan fingerprint density at radius 1 is 0.842 bits per heavy atom. The second-order valence-electron chi connectivity index (χ2n) is 10.0. The largest absolute Gasteiger partial charge is 0.361 e. The number of nitrogens with zero attached hydrogens (tertiary/aromatic N) is 1. The van der Waals surface area contributed by atoms with Gasteiger partial charge in [0.15, 0.2) is 0 Å². The molecule has 4 aromatic rings. The van der Waals surface area contributed by atoms with E-state index in [9.17, 15) is 14.4 Å². The first-order chi connectivity index (χ1) is 18.4. The summed E-state index contributed by atoms with van der Waals surface area (Å²) in [6, 6.07) is 15.4. The number of carbonyl (C=O) groups is 3. The fourth-order valence-electron chi connectivity index (χ4n) is 5.38. The molecule has 3 amide bonds. The number of carbonyl (C=O) groups excluding carboxylic acids is 3. The Morgan fingerprint density at radius 3 is 1.74 bits per heavy atom. The van der Waals surface area contributed by atoms with Gasteiger partial charge in [0.2, 0.25) is 17.7 Å². The van der Waals surface area contributed by atoms with Gasteiger partial charge in [-0.05, 0) is 43.0 Å². The van der Waals surface area contributed by atoms with E-state index in [-0.39, 0.29) is 30.8 Å². The highest BCUT2D eigenvalue weighted by atomic mass is 16.2. The predicted molar refractivity (Wildman–Crippen MR) is 147 cm³/mol. The maximum absolute atomic E-state index is 13.2. The molecule has 3 heterocycles. The van der Waals surface area contributed by atoms with Crippen molar-refractivity contribution < 1.29 is 14.4 Å². The SMILES string of the molecule is C[C@H](N)C(=O)N1C[C@@H](C(=O)NCCc2c[nH]c3ccccc23)[C@H](C(=O)NCCc2c[nH]c3ccccc23)C1. The normalized spacial score (nSPS) is 18.1. The van der Waals surface area contributed by atoms with Gasteiger partial charge in [0, 0.05) is 60.4 Å².